The number of nitrogen functional groups attached to an aromatic ring is 1. The van der Waals surface area contributed by atoms with Crippen molar-refractivity contribution in [2.45, 2.75) is 20.0 Å². The molecule has 3 N–H and O–H groups in total. The van der Waals surface area contributed by atoms with Crippen molar-refractivity contribution in [3.05, 3.63) is 29.3 Å². The van der Waals surface area contributed by atoms with E-state index in [0.29, 0.717) is 11.3 Å². The summed E-state index contributed by atoms with van der Waals surface area (Å²) in [6, 6.07) is 4.92. The summed E-state index contributed by atoms with van der Waals surface area (Å²) >= 11 is 0. The molecule has 3 nitrogen and oxygen atoms in total. The zero-order chi connectivity index (χ0) is 13.9. The Morgan fingerprint density at radius 3 is 2.44 bits per heavy atom. The van der Waals surface area contributed by atoms with Crippen LogP contribution in [0.5, 0.6) is 0 Å². The number of alkyl halides is 3. The number of halogens is 3. The summed E-state index contributed by atoms with van der Waals surface area (Å²) in [6.07, 6.45) is -4.28. The molecule has 1 aromatic rings. The number of hydrogen-bond acceptors (Lipinski definition) is 2. The highest BCUT2D eigenvalue weighted by Gasteiger charge is 2.31. The van der Waals surface area contributed by atoms with Gasteiger partial charge < -0.3 is 10.6 Å². The lowest BCUT2D eigenvalue weighted by atomic mass is 10.1. The Bertz CT molecular complexity index is 441. The van der Waals surface area contributed by atoms with Crippen molar-refractivity contribution in [3.63, 3.8) is 0 Å². The van der Waals surface area contributed by atoms with Crippen molar-refractivity contribution < 1.29 is 13.2 Å². The van der Waals surface area contributed by atoms with Crippen molar-refractivity contribution in [1.82, 2.24) is 0 Å². The first kappa shape index (κ1) is 14.3. The standard InChI is InChI=1S/C12H16F3N3/c1-3-18(7-12(13,14)15)10-6-8(2)4-5-9(10)11(16)17/h4-6H,3,7H2,1-2H3,(H3,16,17). The van der Waals surface area contributed by atoms with Crippen LogP contribution in [-0.4, -0.2) is 25.1 Å². The fraction of sp³-hybridized carbons (Fsp3) is 0.417. The zero-order valence-corrected chi connectivity index (χ0v) is 10.3. The Morgan fingerprint density at radius 1 is 1.39 bits per heavy atom. The summed E-state index contributed by atoms with van der Waals surface area (Å²) in [5.74, 6) is -0.231. The minimum absolute atomic E-state index is 0.198. The van der Waals surface area contributed by atoms with Crippen LogP contribution in [0.4, 0.5) is 18.9 Å². The van der Waals surface area contributed by atoms with Gasteiger partial charge in [0.15, 0.2) is 0 Å². The largest absolute Gasteiger partial charge is 0.405 e. The number of nitrogens with zero attached hydrogens (tertiary/aromatic N) is 1. The van der Waals surface area contributed by atoms with Gasteiger partial charge in [-0.25, -0.2) is 0 Å². The van der Waals surface area contributed by atoms with Crippen LogP contribution in [0.25, 0.3) is 0 Å². The van der Waals surface area contributed by atoms with E-state index in [1.165, 1.54) is 4.90 Å². The first-order valence-corrected chi connectivity index (χ1v) is 5.51. The average Bonchev–Trinajstić information content (AvgIpc) is 2.24. The molecule has 0 amide bonds. The Morgan fingerprint density at radius 2 is 2.00 bits per heavy atom. The van der Waals surface area contributed by atoms with E-state index in [1.54, 1.807) is 32.0 Å². The molecule has 0 saturated heterocycles. The lowest BCUT2D eigenvalue weighted by Gasteiger charge is -2.26. The van der Waals surface area contributed by atoms with Gasteiger partial charge in [0.2, 0.25) is 0 Å². The summed E-state index contributed by atoms with van der Waals surface area (Å²) in [4.78, 5) is 1.17. The Labute approximate surface area is 104 Å². The molecule has 100 valence electrons. The quantitative estimate of drug-likeness (QED) is 0.645. The smallest absolute Gasteiger partial charge is 0.384 e. The molecule has 0 heterocycles. The topological polar surface area (TPSA) is 53.1 Å². The van der Waals surface area contributed by atoms with Gasteiger partial charge in [0, 0.05) is 17.8 Å². The Kier molecular flexibility index (Phi) is 4.21. The van der Waals surface area contributed by atoms with Crippen LogP contribution in [0.15, 0.2) is 18.2 Å². The molecule has 0 saturated carbocycles. The number of rotatable bonds is 4. The van der Waals surface area contributed by atoms with Gasteiger partial charge in [-0.3, -0.25) is 5.41 Å². The zero-order valence-electron chi connectivity index (χ0n) is 10.3. The molecule has 0 fully saturated rings. The predicted molar refractivity (Wildman–Crippen MR) is 66.1 cm³/mol. The van der Waals surface area contributed by atoms with Crippen molar-refractivity contribution in [3.8, 4) is 0 Å². The fourth-order valence-corrected chi connectivity index (χ4v) is 1.71. The second-order valence-corrected chi connectivity index (χ2v) is 4.06. The lowest BCUT2D eigenvalue weighted by molar-refractivity contribution is -0.119. The third-order valence-corrected chi connectivity index (χ3v) is 2.54. The van der Waals surface area contributed by atoms with E-state index in [0.717, 1.165) is 5.56 Å². The molecular formula is C12H16F3N3. The number of anilines is 1. The summed E-state index contributed by atoms with van der Waals surface area (Å²) in [7, 11) is 0. The predicted octanol–water partition coefficient (Wildman–Crippen LogP) is 2.67. The summed E-state index contributed by atoms with van der Waals surface area (Å²) in [6.45, 7) is 2.57. The van der Waals surface area contributed by atoms with E-state index in [9.17, 15) is 13.2 Å². The van der Waals surface area contributed by atoms with Crippen molar-refractivity contribution >= 4 is 11.5 Å². The van der Waals surface area contributed by atoms with E-state index in [1.807, 2.05) is 0 Å². The van der Waals surface area contributed by atoms with Crippen LogP contribution >= 0.6 is 0 Å². The van der Waals surface area contributed by atoms with Crippen LogP contribution in [0.2, 0.25) is 0 Å². The number of amidine groups is 1. The third-order valence-electron chi connectivity index (χ3n) is 2.54. The summed E-state index contributed by atoms with van der Waals surface area (Å²) in [5.41, 5.74) is 6.90. The highest BCUT2D eigenvalue weighted by molar-refractivity contribution is 6.00. The second-order valence-electron chi connectivity index (χ2n) is 4.06. The molecule has 0 unspecified atom stereocenters. The van der Waals surface area contributed by atoms with Crippen molar-refractivity contribution in [1.29, 1.82) is 5.41 Å². The molecule has 18 heavy (non-hydrogen) atoms. The first-order valence-electron chi connectivity index (χ1n) is 5.51. The van der Waals surface area contributed by atoms with Crippen LogP contribution in [0, 0.1) is 12.3 Å². The number of benzene rings is 1. The average molecular weight is 259 g/mol. The molecule has 0 atom stereocenters. The van der Waals surface area contributed by atoms with E-state index in [4.69, 9.17) is 11.1 Å². The van der Waals surface area contributed by atoms with Crippen molar-refractivity contribution in [2.75, 3.05) is 18.0 Å². The van der Waals surface area contributed by atoms with Gasteiger partial charge in [0.1, 0.15) is 12.4 Å². The number of hydrogen-bond donors (Lipinski definition) is 2. The molecule has 0 bridgehead atoms. The number of nitrogens with one attached hydrogen (secondary N) is 1. The molecule has 0 aromatic heterocycles. The van der Waals surface area contributed by atoms with Crippen LogP contribution in [-0.2, 0) is 0 Å². The highest BCUT2D eigenvalue weighted by Crippen LogP contribution is 2.26. The van der Waals surface area contributed by atoms with Gasteiger partial charge in [-0.15, -0.1) is 0 Å². The molecular weight excluding hydrogens is 243 g/mol. The normalized spacial score (nSPS) is 11.4. The lowest BCUT2D eigenvalue weighted by Crippen LogP contribution is -2.35. The molecule has 0 aliphatic heterocycles. The van der Waals surface area contributed by atoms with Gasteiger partial charge in [0.05, 0.1) is 0 Å². The second kappa shape index (κ2) is 5.29. The minimum atomic E-state index is -4.28. The van der Waals surface area contributed by atoms with Gasteiger partial charge >= 0.3 is 6.18 Å². The van der Waals surface area contributed by atoms with Gasteiger partial charge in [0.25, 0.3) is 0 Å². The Hall–Kier alpha value is -1.72. The van der Waals surface area contributed by atoms with E-state index >= 15 is 0 Å². The van der Waals surface area contributed by atoms with Gasteiger partial charge in [-0.2, -0.15) is 13.2 Å². The molecule has 0 spiro atoms. The maximum Gasteiger partial charge on any atom is 0.405 e. The van der Waals surface area contributed by atoms with Gasteiger partial charge in [-0.05, 0) is 31.5 Å². The third kappa shape index (κ3) is 3.65. The van der Waals surface area contributed by atoms with Crippen LogP contribution in [0.3, 0.4) is 0 Å². The summed E-state index contributed by atoms with van der Waals surface area (Å²) in [5, 5.41) is 7.42. The van der Waals surface area contributed by atoms with E-state index < -0.39 is 12.7 Å². The maximum absolute atomic E-state index is 12.5. The molecule has 1 aromatic carbocycles. The maximum atomic E-state index is 12.5. The monoisotopic (exact) mass is 259 g/mol. The van der Waals surface area contributed by atoms with Crippen molar-refractivity contribution in [2.24, 2.45) is 5.73 Å². The van der Waals surface area contributed by atoms with E-state index in [2.05, 4.69) is 0 Å². The SMILES string of the molecule is CCN(CC(F)(F)F)c1cc(C)ccc1C(=N)N. The minimum Gasteiger partial charge on any atom is -0.384 e. The highest BCUT2D eigenvalue weighted by atomic mass is 19.4. The summed E-state index contributed by atoms with van der Waals surface area (Å²) < 4.78 is 37.5. The van der Waals surface area contributed by atoms with Gasteiger partial charge in [-0.1, -0.05) is 6.07 Å². The molecule has 0 radical (unpaired) electrons. The molecule has 0 aliphatic rings. The fourth-order valence-electron chi connectivity index (χ4n) is 1.71. The molecule has 0 aliphatic carbocycles. The first-order chi connectivity index (χ1) is 8.24. The Balaban J connectivity index is 3.19. The number of aryl methyl sites for hydroxylation is 1. The molecule has 6 heteroatoms. The number of nitrogens with two attached hydrogens (primary N) is 1. The molecule has 1 rings (SSSR count). The van der Waals surface area contributed by atoms with Crippen LogP contribution in [0.1, 0.15) is 18.1 Å². The van der Waals surface area contributed by atoms with Crippen LogP contribution < -0.4 is 10.6 Å². The van der Waals surface area contributed by atoms with E-state index in [-0.39, 0.29) is 12.4 Å².